The summed E-state index contributed by atoms with van der Waals surface area (Å²) in [6, 6.07) is 11.6. The van der Waals surface area contributed by atoms with Crippen LogP contribution in [0.1, 0.15) is 22.8 Å². The van der Waals surface area contributed by atoms with Crippen LogP contribution in [0.4, 0.5) is 0 Å². The molecule has 1 aromatic heterocycles. The number of ether oxygens (including phenoxy) is 1. The maximum absolute atomic E-state index is 12.7. The van der Waals surface area contributed by atoms with Gasteiger partial charge in [-0.1, -0.05) is 30.3 Å². The van der Waals surface area contributed by atoms with Gasteiger partial charge in [0.2, 0.25) is 0 Å². The average Bonchev–Trinajstić information content (AvgIpc) is 2.62. The Morgan fingerprint density at radius 1 is 1.12 bits per heavy atom. The summed E-state index contributed by atoms with van der Waals surface area (Å²) in [7, 11) is 0. The van der Waals surface area contributed by atoms with Crippen molar-refractivity contribution in [1.29, 1.82) is 0 Å². The Bertz CT molecular complexity index is 834. The van der Waals surface area contributed by atoms with Crippen molar-refractivity contribution in [2.45, 2.75) is 13.3 Å². The van der Waals surface area contributed by atoms with Crippen LogP contribution in [0.3, 0.4) is 0 Å². The van der Waals surface area contributed by atoms with Gasteiger partial charge in [-0.25, -0.2) is 9.97 Å². The lowest BCUT2D eigenvalue weighted by Crippen LogP contribution is -2.26. The summed E-state index contributed by atoms with van der Waals surface area (Å²) >= 11 is 0. The van der Waals surface area contributed by atoms with E-state index in [0.717, 1.165) is 16.3 Å². The van der Waals surface area contributed by atoms with Gasteiger partial charge in [0.1, 0.15) is 12.1 Å². The van der Waals surface area contributed by atoms with E-state index in [1.54, 1.807) is 12.4 Å². The van der Waals surface area contributed by atoms with Crippen molar-refractivity contribution in [2.75, 3.05) is 13.2 Å². The lowest BCUT2D eigenvalue weighted by Gasteiger charge is -2.13. The zero-order chi connectivity index (χ0) is 16.8. The van der Waals surface area contributed by atoms with Gasteiger partial charge < -0.3 is 10.1 Å². The highest BCUT2D eigenvalue weighted by atomic mass is 16.5. The van der Waals surface area contributed by atoms with Crippen LogP contribution in [-0.4, -0.2) is 29.0 Å². The molecule has 24 heavy (non-hydrogen) atoms. The lowest BCUT2D eigenvalue weighted by atomic mass is 10.0. The molecule has 0 radical (unpaired) electrons. The van der Waals surface area contributed by atoms with E-state index in [1.807, 2.05) is 43.3 Å². The number of hydrogen-bond donors (Lipinski definition) is 1. The number of amides is 1. The second-order valence-corrected chi connectivity index (χ2v) is 5.35. The van der Waals surface area contributed by atoms with E-state index in [0.29, 0.717) is 30.9 Å². The number of fused-ring (bicyclic) bond motifs is 1. The Hall–Kier alpha value is -2.95. The molecule has 0 spiro atoms. The van der Waals surface area contributed by atoms with E-state index in [2.05, 4.69) is 15.3 Å². The maximum Gasteiger partial charge on any atom is 0.255 e. The van der Waals surface area contributed by atoms with Crippen molar-refractivity contribution in [1.82, 2.24) is 15.3 Å². The fourth-order valence-corrected chi connectivity index (χ4v) is 2.63. The molecule has 1 heterocycles. The molecule has 2 aromatic carbocycles. The number of aromatic nitrogens is 2. The summed E-state index contributed by atoms with van der Waals surface area (Å²) in [6.45, 7) is 2.94. The molecule has 0 aliphatic heterocycles. The van der Waals surface area contributed by atoms with E-state index in [9.17, 15) is 4.79 Å². The van der Waals surface area contributed by atoms with E-state index in [1.165, 1.54) is 6.33 Å². The quantitative estimate of drug-likeness (QED) is 0.758. The van der Waals surface area contributed by atoms with Gasteiger partial charge in [0.15, 0.2) is 0 Å². The minimum Gasteiger partial charge on any atom is -0.493 e. The highest BCUT2D eigenvalue weighted by Crippen LogP contribution is 2.28. The number of rotatable bonds is 6. The van der Waals surface area contributed by atoms with Crippen LogP contribution in [-0.2, 0) is 6.42 Å². The van der Waals surface area contributed by atoms with Crippen molar-refractivity contribution < 1.29 is 9.53 Å². The predicted molar refractivity (Wildman–Crippen MR) is 93.2 cm³/mol. The Balaban J connectivity index is 1.81. The van der Waals surface area contributed by atoms with Crippen LogP contribution >= 0.6 is 0 Å². The molecule has 3 rings (SSSR count). The molecule has 0 aliphatic carbocycles. The topological polar surface area (TPSA) is 64.1 Å². The van der Waals surface area contributed by atoms with Gasteiger partial charge in [-0.05, 0) is 35.7 Å². The van der Waals surface area contributed by atoms with Crippen LogP contribution in [0.15, 0.2) is 55.1 Å². The number of carbonyl (C=O) groups excluding carboxylic acids is 1. The Morgan fingerprint density at radius 3 is 2.71 bits per heavy atom. The normalized spacial score (nSPS) is 10.5. The standard InChI is InChI=1S/C19H19N3O2/c1-2-24-17-8-7-15-5-3-4-6-16(15)18(17)19(23)22-10-9-14-11-20-13-21-12-14/h3-8,11-13H,2,9-10H2,1H3,(H,22,23). The van der Waals surface area contributed by atoms with Crippen LogP contribution in [0.2, 0.25) is 0 Å². The van der Waals surface area contributed by atoms with Gasteiger partial charge in [0.25, 0.3) is 5.91 Å². The number of hydrogen-bond acceptors (Lipinski definition) is 4. The Kier molecular flexibility index (Phi) is 5.01. The largest absolute Gasteiger partial charge is 0.493 e. The molecule has 122 valence electrons. The van der Waals surface area contributed by atoms with Crippen LogP contribution < -0.4 is 10.1 Å². The fraction of sp³-hybridized carbons (Fsp3) is 0.211. The summed E-state index contributed by atoms with van der Waals surface area (Å²) in [5, 5.41) is 4.87. The number of nitrogens with zero attached hydrogens (tertiary/aromatic N) is 2. The molecule has 1 N–H and O–H groups in total. The molecular weight excluding hydrogens is 302 g/mol. The van der Waals surface area contributed by atoms with E-state index >= 15 is 0 Å². The summed E-state index contributed by atoms with van der Waals surface area (Å²) in [4.78, 5) is 20.7. The number of benzene rings is 2. The third-order valence-electron chi connectivity index (χ3n) is 3.73. The molecule has 5 nitrogen and oxygen atoms in total. The lowest BCUT2D eigenvalue weighted by molar-refractivity contribution is 0.0952. The second kappa shape index (κ2) is 7.55. The van der Waals surface area contributed by atoms with Crippen molar-refractivity contribution in [2.24, 2.45) is 0 Å². The summed E-state index contributed by atoms with van der Waals surface area (Å²) in [5.74, 6) is 0.476. The highest BCUT2D eigenvalue weighted by molar-refractivity contribution is 6.09. The zero-order valence-electron chi connectivity index (χ0n) is 13.5. The fourth-order valence-electron chi connectivity index (χ4n) is 2.63. The Labute approximate surface area is 140 Å². The first-order chi connectivity index (χ1) is 11.8. The van der Waals surface area contributed by atoms with Crippen LogP contribution in [0.25, 0.3) is 10.8 Å². The van der Waals surface area contributed by atoms with Gasteiger partial charge in [-0.2, -0.15) is 0 Å². The van der Waals surface area contributed by atoms with Gasteiger partial charge in [-0.3, -0.25) is 4.79 Å². The van der Waals surface area contributed by atoms with E-state index in [4.69, 9.17) is 4.74 Å². The smallest absolute Gasteiger partial charge is 0.255 e. The molecular formula is C19H19N3O2. The van der Waals surface area contributed by atoms with Gasteiger partial charge in [0, 0.05) is 18.9 Å². The summed E-state index contributed by atoms with van der Waals surface area (Å²) < 4.78 is 5.65. The zero-order valence-corrected chi connectivity index (χ0v) is 13.5. The number of nitrogens with one attached hydrogen (secondary N) is 1. The third-order valence-corrected chi connectivity index (χ3v) is 3.73. The highest BCUT2D eigenvalue weighted by Gasteiger charge is 2.16. The van der Waals surface area contributed by atoms with Crippen LogP contribution in [0.5, 0.6) is 5.75 Å². The molecule has 0 unspecified atom stereocenters. The van der Waals surface area contributed by atoms with Crippen molar-refractivity contribution in [3.63, 3.8) is 0 Å². The first-order valence-electron chi connectivity index (χ1n) is 7.96. The van der Waals surface area contributed by atoms with Crippen molar-refractivity contribution in [3.8, 4) is 5.75 Å². The molecule has 0 bridgehead atoms. The maximum atomic E-state index is 12.7. The van der Waals surface area contributed by atoms with E-state index < -0.39 is 0 Å². The molecule has 0 saturated carbocycles. The first-order valence-corrected chi connectivity index (χ1v) is 7.96. The van der Waals surface area contributed by atoms with Crippen molar-refractivity contribution >= 4 is 16.7 Å². The predicted octanol–water partition coefficient (Wildman–Crippen LogP) is 3.00. The molecule has 3 aromatic rings. The minimum absolute atomic E-state index is 0.132. The minimum atomic E-state index is -0.132. The van der Waals surface area contributed by atoms with E-state index in [-0.39, 0.29) is 5.91 Å². The monoisotopic (exact) mass is 321 g/mol. The molecule has 0 aliphatic rings. The molecule has 5 heteroatoms. The molecule has 0 atom stereocenters. The molecule has 1 amide bonds. The van der Waals surface area contributed by atoms with Gasteiger partial charge >= 0.3 is 0 Å². The summed E-state index contributed by atoms with van der Waals surface area (Å²) in [6.07, 6.45) is 5.68. The molecule has 0 saturated heterocycles. The average molecular weight is 321 g/mol. The van der Waals surface area contributed by atoms with Crippen molar-refractivity contribution in [3.05, 3.63) is 66.2 Å². The SMILES string of the molecule is CCOc1ccc2ccccc2c1C(=O)NCCc1cncnc1. The van der Waals surface area contributed by atoms with Crippen LogP contribution in [0, 0.1) is 0 Å². The third kappa shape index (κ3) is 3.51. The number of carbonyl (C=O) groups is 1. The summed E-state index contributed by atoms with van der Waals surface area (Å²) in [5.41, 5.74) is 1.57. The molecule has 0 fully saturated rings. The van der Waals surface area contributed by atoms with Gasteiger partial charge in [-0.15, -0.1) is 0 Å². The first kappa shape index (κ1) is 15.9. The van der Waals surface area contributed by atoms with Gasteiger partial charge in [0.05, 0.1) is 12.2 Å². The second-order valence-electron chi connectivity index (χ2n) is 5.35. The Morgan fingerprint density at radius 2 is 1.92 bits per heavy atom.